The molecule has 1 atom stereocenters. The number of hydrogen-bond donors (Lipinski definition) is 1. The van der Waals surface area contributed by atoms with E-state index >= 15 is 0 Å². The highest BCUT2D eigenvalue weighted by Crippen LogP contribution is 2.23. The molecule has 0 saturated heterocycles. The van der Waals surface area contributed by atoms with Crippen LogP contribution >= 0.6 is 11.3 Å². The molecule has 1 unspecified atom stereocenters. The highest BCUT2D eigenvalue weighted by Gasteiger charge is 2.14. The van der Waals surface area contributed by atoms with Crippen LogP contribution in [0.3, 0.4) is 0 Å². The monoisotopic (exact) mass is 382 g/mol. The SMILES string of the molecule is CC(C)COC(C)c1nc(Cn2cnc3[nH]c4ccccc4c3c2=O)cs1. The minimum Gasteiger partial charge on any atom is -0.371 e. The Morgan fingerprint density at radius 3 is 2.89 bits per heavy atom. The van der Waals surface area contributed by atoms with Crippen LogP contribution in [0.15, 0.2) is 40.8 Å². The summed E-state index contributed by atoms with van der Waals surface area (Å²) >= 11 is 1.56. The lowest BCUT2D eigenvalue weighted by Crippen LogP contribution is -2.21. The Hall–Kier alpha value is -2.51. The Bertz CT molecular complexity index is 1140. The number of hydrogen-bond acceptors (Lipinski definition) is 5. The second kappa shape index (κ2) is 7.25. The van der Waals surface area contributed by atoms with E-state index in [0.717, 1.165) is 21.6 Å². The Balaban J connectivity index is 1.62. The van der Waals surface area contributed by atoms with Crippen LogP contribution in [-0.4, -0.2) is 26.1 Å². The summed E-state index contributed by atoms with van der Waals surface area (Å²) in [7, 11) is 0. The van der Waals surface area contributed by atoms with Crippen molar-refractivity contribution >= 4 is 33.3 Å². The Labute approximate surface area is 160 Å². The van der Waals surface area contributed by atoms with E-state index < -0.39 is 0 Å². The van der Waals surface area contributed by atoms with Crippen molar-refractivity contribution < 1.29 is 4.74 Å². The molecular weight excluding hydrogens is 360 g/mol. The molecule has 0 spiro atoms. The normalized spacial score (nSPS) is 13.0. The first-order valence-electron chi connectivity index (χ1n) is 9.04. The summed E-state index contributed by atoms with van der Waals surface area (Å²) in [5.41, 5.74) is 2.32. The molecule has 140 valence electrons. The number of thiazole rings is 1. The molecular formula is C20H22N4O2S. The van der Waals surface area contributed by atoms with Crippen molar-refractivity contribution in [2.45, 2.75) is 33.4 Å². The minimum absolute atomic E-state index is 0.0444. The van der Waals surface area contributed by atoms with Gasteiger partial charge in [0.05, 0.1) is 17.6 Å². The summed E-state index contributed by atoms with van der Waals surface area (Å²) in [5, 5.41) is 4.43. The third-order valence-corrected chi connectivity index (χ3v) is 5.47. The van der Waals surface area contributed by atoms with Crippen LogP contribution in [0, 0.1) is 5.92 Å². The Morgan fingerprint density at radius 1 is 1.26 bits per heavy atom. The van der Waals surface area contributed by atoms with E-state index in [2.05, 4.69) is 28.8 Å². The minimum atomic E-state index is -0.0592. The first-order valence-corrected chi connectivity index (χ1v) is 9.92. The van der Waals surface area contributed by atoms with Crippen molar-refractivity contribution in [2.75, 3.05) is 6.61 Å². The lowest BCUT2D eigenvalue weighted by Gasteiger charge is -2.12. The zero-order valence-corrected chi connectivity index (χ0v) is 16.4. The van der Waals surface area contributed by atoms with E-state index in [4.69, 9.17) is 4.74 Å². The number of fused-ring (bicyclic) bond motifs is 3. The van der Waals surface area contributed by atoms with E-state index in [1.165, 1.54) is 0 Å². The average molecular weight is 382 g/mol. The van der Waals surface area contributed by atoms with Gasteiger partial charge < -0.3 is 9.72 Å². The van der Waals surface area contributed by atoms with Crippen molar-refractivity contribution in [1.82, 2.24) is 19.5 Å². The van der Waals surface area contributed by atoms with Crippen LogP contribution in [-0.2, 0) is 11.3 Å². The molecule has 3 heterocycles. The average Bonchev–Trinajstić information content (AvgIpc) is 3.26. The fourth-order valence-corrected chi connectivity index (χ4v) is 3.86. The highest BCUT2D eigenvalue weighted by molar-refractivity contribution is 7.09. The number of aromatic amines is 1. The van der Waals surface area contributed by atoms with Crippen molar-refractivity contribution in [3.63, 3.8) is 0 Å². The number of H-pyrrole nitrogens is 1. The number of benzene rings is 1. The molecule has 0 aliphatic heterocycles. The Morgan fingerprint density at radius 2 is 2.07 bits per heavy atom. The van der Waals surface area contributed by atoms with E-state index in [1.54, 1.807) is 22.2 Å². The van der Waals surface area contributed by atoms with Gasteiger partial charge in [-0.25, -0.2) is 9.97 Å². The van der Waals surface area contributed by atoms with E-state index in [1.807, 2.05) is 36.6 Å². The van der Waals surface area contributed by atoms with Crippen molar-refractivity contribution in [3.05, 3.63) is 57.0 Å². The smallest absolute Gasteiger partial charge is 0.263 e. The zero-order chi connectivity index (χ0) is 19.0. The predicted octanol–water partition coefficient (Wildman–Crippen LogP) is 4.12. The van der Waals surface area contributed by atoms with Gasteiger partial charge in [-0.3, -0.25) is 9.36 Å². The summed E-state index contributed by atoms with van der Waals surface area (Å²) < 4.78 is 7.45. The Kier molecular flexibility index (Phi) is 4.80. The van der Waals surface area contributed by atoms with Gasteiger partial charge in [-0.1, -0.05) is 32.0 Å². The number of rotatable bonds is 6. The molecule has 27 heavy (non-hydrogen) atoms. The molecule has 7 heteroatoms. The van der Waals surface area contributed by atoms with Crippen molar-refractivity contribution in [3.8, 4) is 0 Å². The van der Waals surface area contributed by atoms with Crippen molar-refractivity contribution in [2.24, 2.45) is 5.92 Å². The summed E-state index contributed by atoms with van der Waals surface area (Å²) in [6.07, 6.45) is 1.54. The quantitative estimate of drug-likeness (QED) is 0.544. The molecule has 0 saturated carbocycles. The largest absolute Gasteiger partial charge is 0.371 e. The molecule has 0 fully saturated rings. The second-order valence-corrected chi connectivity index (χ2v) is 8.01. The van der Waals surface area contributed by atoms with Gasteiger partial charge in [-0.2, -0.15) is 0 Å². The van der Waals surface area contributed by atoms with Gasteiger partial charge in [0.25, 0.3) is 5.56 Å². The maximum Gasteiger partial charge on any atom is 0.263 e. The predicted molar refractivity (Wildman–Crippen MR) is 108 cm³/mol. The van der Waals surface area contributed by atoms with Gasteiger partial charge in [0, 0.05) is 22.9 Å². The molecule has 1 aromatic carbocycles. The first-order chi connectivity index (χ1) is 13.0. The highest BCUT2D eigenvalue weighted by atomic mass is 32.1. The number of ether oxygens (including phenoxy) is 1. The number of nitrogens with zero attached hydrogens (tertiary/aromatic N) is 3. The van der Waals surface area contributed by atoms with Crippen LogP contribution in [0.2, 0.25) is 0 Å². The lowest BCUT2D eigenvalue weighted by molar-refractivity contribution is 0.0467. The zero-order valence-electron chi connectivity index (χ0n) is 15.6. The maximum atomic E-state index is 13.0. The third-order valence-electron chi connectivity index (χ3n) is 4.42. The maximum absolute atomic E-state index is 13.0. The van der Waals surface area contributed by atoms with E-state index in [9.17, 15) is 4.79 Å². The standard InChI is InChI=1S/C20H22N4O2S/c1-12(2)9-26-13(3)19-22-14(10-27-19)8-24-11-21-18-17(20(24)25)15-6-4-5-7-16(15)23-18/h4-7,10-13,23H,8-9H2,1-3H3. The van der Waals surface area contributed by atoms with E-state index in [-0.39, 0.29) is 11.7 Å². The number of aromatic nitrogens is 4. The summed E-state index contributed by atoms with van der Waals surface area (Å²) in [6.45, 7) is 7.36. The van der Waals surface area contributed by atoms with Crippen LogP contribution in [0.4, 0.5) is 0 Å². The molecule has 4 rings (SSSR count). The van der Waals surface area contributed by atoms with Crippen molar-refractivity contribution in [1.29, 1.82) is 0 Å². The summed E-state index contributed by atoms with van der Waals surface area (Å²) in [4.78, 5) is 25.3. The fraction of sp³-hybridized carbons (Fsp3) is 0.350. The van der Waals surface area contributed by atoms with Crippen LogP contribution in [0.25, 0.3) is 21.9 Å². The topological polar surface area (TPSA) is 72.8 Å². The van der Waals surface area contributed by atoms with Crippen LogP contribution < -0.4 is 5.56 Å². The van der Waals surface area contributed by atoms with Crippen LogP contribution in [0.1, 0.15) is 37.6 Å². The molecule has 0 amide bonds. The molecule has 3 aromatic heterocycles. The molecule has 0 radical (unpaired) electrons. The lowest BCUT2D eigenvalue weighted by atomic mass is 10.2. The molecule has 0 aliphatic rings. The van der Waals surface area contributed by atoms with Gasteiger partial charge in [-0.05, 0) is 18.9 Å². The molecule has 1 N–H and O–H groups in total. The summed E-state index contributed by atoms with van der Waals surface area (Å²) in [6, 6.07) is 7.76. The van der Waals surface area contributed by atoms with Gasteiger partial charge >= 0.3 is 0 Å². The molecule has 0 bridgehead atoms. The molecule has 4 aromatic rings. The van der Waals surface area contributed by atoms with Gasteiger partial charge in [0.2, 0.25) is 0 Å². The van der Waals surface area contributed by atoms with Gasteiger partial charge in [-0.15, -0.1) is 11.3 Å². The number of nitrogens with one attached hydrogen (secondary N) is 1. The number of para-hydroxylation sites is 1. The fourth-order valence-electron chi connectivity index (χ4n) is 3.04. The first kappa shape index (κ1) is 17.9. The van der Waals surface area contributed by atoms with Crippen LogP contribution in [0.5, 0.6) is 0 Å². The summed E-state index contributed by atoms with van der Waals surface area (Å²) in [5.74, 6) is 0.486. The second-order valence-electron chi connectivity index (χ2n) is 7.12. The third kappa shape index (κ3) is 3.52. The molecule has 0 aliphatic carbocycles. The van der Waals surface area contributed by atoms with E-state index in [0.29, 0.717) is 30.1 Å². The van der Waals surface area contributed by atoms with Gasteiger partial charge in [0.1, 0.15) is 23.1 Å². The molecule has 6 nitrogen and oxygen atoms in total. The van der Waals surface area contributed by atoms with Gasteiger partial charge in [0.15, 0.2) is 0 Å².